The van der Waals surface area contributed by atoms with Crippen LogP contribution in [0, 0.1) is 11.7 Å². The van der Waals surface area contributed by atoms with Crippen molar-refractivity contribution in [2.45, 2.75) is 64.5 Å². The highest BCUT2D eigenvalue weighted by Crippen LogP contribution is 2.46. The molecule has 0 aromatic heterocycles. The zero-order valence-electron chi connectivity index (χ0n) is 18.8. The Balaban J connectivity index is 0.000000645. The molecule has 0 amide bonds. The van der Waals surface area contributed by atoms with E-state index in [1.54, 1.807) is 6.07 Å². The zero-order chi connectivity index (χ0) is 22.4. The summed E-state index contributed by atoms with van der Waals surface area (Å²) in [5.74, 6) is 1.19. The van der Waals surface area contributed by atoms with E-state index in [2.05, 4.69) is 23.1 Å². The lowest BCUT2D eigenvalue weighted by molar-refractivity contribution is -0.108. The average molecular weight is 428 g/mol. The number of carbonyl (C=O) groups is 1. The van der Waals surface area contributed by atoms with Gasteiger partial charge in [-0.05, 0) is 66.8 Å². The van der Waals surface area contributed by atoms with Gasteiger partial charge in [-0.3, -0.25) is 0 Å². The van der Waals surface area contributed by atoms with Gasteiger partial charge in [0.1, 0.15) is 17.9 Å². The maximum absolute atomic E-state index is 14.5. The van der Waals surface area contributed by atoms with Crippen molar-refractivity contribution in [3.63, 3.8) is 0 Å². The molecule has 5 heteroatoms. The standard InChI is InChI=1S/C23H24FNO2.C2H6.CH4O/c24-22-7-6-20(27-19-2-1-3-19)12-23(22)25-9-8-15-10-16(4-5-17(15)13-25)21-11-18(21)14-26;2*1-2/h4-7,10,12,14,18-19,21H,1-3,8-9,11,13H2;1-2H3;2H,1H3. The second-order valence-electron chi connectivity index (χ2n) is 8.13. The van der Waals surface area contributed by atoms with Gasteiger partial charge < -0.3 is 19.5 Å². The summed E-state index contributed by atoms with van der Waals surface area (Å²) >= 11 is 0. The van der Waals surface area contributed by atoms with Gasteiger partial charge >= 0.3 is 0 Å². The summed E-state index contributed by atoms with van der Waals surface area (Å²) in [6.45, 7) is 5.50. The van der Waals surface area contributed by atoms with Crippen molar-refractivity contribution in [1.29, 1.82) is 0 Å². The number of aldehydes is 1. The number of anilines is 1. The molecule has 1 aliphatic heterocycles. The third-order valence-corrected chi connectivity index (χ3v) is 6.30. The Hall–Kier alpha value is -2.40. The van der Waals surface area contributed by atoms with Crippen molar-refractivity contribution < 1.29 is 19.0 Å². The van der Waals surface area contributed by atoms with Crippen LogP contribution >= 0.6 is 0 Å². The third-order valence-electron chi connectivity index (χ3n) is 6.30. The third kappa shape index (κ3) is 5.27. The van der Waals surface area contributed by atoms with E-state index in [0.717, 1.165) is 51.4 Å². The number of aliphatic hydroxyl groups is 1. The fraction of sp³-hybridized carbons (Fsp3) is 0.500. The summed E-state index contributed by atoms with van der Waals surface area (Å²) in [6, 6.07) is 11.7. The predicted octanol–water partition coefficient (Wildman–Crippen LogP) is 5.26. The highest BCUT2D eigenvalue weighted by atomic mass is 19.1. The van der Waals surface area contributed by atoms with Crippen LogP contribution in [0.3, 0.4) is 0 Å². The van der Waals surface area contributed by atoms with E-state index in [-0.39, 0.29) is 11.7 Å². The number of hydrogen-bond donors (Lipinski definition) is 1. The maximum atomic E-state index is 14.5. The summed E-state index contributed by atoms with van der Waals surface area (Å²) in [4.78, 5) is 13.0. The Morgan fingerprint density at radius 1 is 1.10 bits per heavy atom. The first kappa shape index (κ1) is 23.3. The fourth-order valence-corrected chi connectivity index (χ4v) is 4.25. The Bertz CT molecular complexity index is 881. The van der Waals surface area contributed by atoms with E-state index in [4.69, 9.17) is 9.84 Å². The number of aliphatic hydroxyl groups excluding tert-OH is 1. The van der Waals surface area contributed by atoms with E-state index < -0.39 is 0 Å². The van der Waals surface area contributed by atoms with Gasteiger partial charge in [-0.2, -0.15) is 0 Å². The van der Waals surface area contributed by atoms with Crippen molar-refractivity contribution in [2.24, 2.45) is 5.92 Å². The molecule has 2 fully saturated rings. The van der Waals surface area contributed by atoms with Gasteiger partial charge in [-0.1, -0.05) is 32.0 Å². The van der Waals surface area contributed by atoms with Gasteiger partial charge in [0.2, 0.25) is 0 Å². The molecule has 0 bridgehead atoms. The Labute approximate surface area is 185 Å². The molecular formula is C26H34FNO3. The Morgan fingerprint density at radius 3 is 2.52 bits per heavy atom. The minimum absolute atomic E-state index is 0.192. The van der Waals surface area contributed by atoms with Crippen molar-refractivity contribution in [1.82, 2.24) is 0 Å². The highest BCUT2D eigenvalue weighted by molar-refractivity contribution is 5.62. The maximum Gasteiger partial charge on any atom is 0.146 e. The molecule has 2 aliphatic carbocycles. The number of rotatable bonds is 5. The Kier molecular flexibility index (Phi) is 8.08. The molecule has 2 aromatic rings. The summed E-state index contributed by atoms with van der Waals surface area (Å²) in [5, 5.41) is 7.00. The van der Waals surface area contributed by atoms with E-state index in [9.17, 15) is 9.18 Å². The lowest BCUT2D eigenvalue weighted by Gasteiger charge is -2.32. The van der Waals surface area contributed by atoms with Crippen LogP contribution in [-0.4, -0.2) is 31.2 Å². The molecule has 2 unspecified atom stereocenters. The van der Waals surface area contributed by atoms with Crippen LogP contribution in [0.2, 0.25) is 0 Å². The SMILES string of the molecule is CC.CO.O=CC1CC1c1ccc2c(c1)CCN(c1cc(OC3CCC3)ccc1F)C2. The molecule has 168 valence electrons. The fourth-order valence-electron chi connectivity index (χ4n) is 4.25. The molecule has 0 spiro atoms. The van der Waals surface area contributed by atoms with Crippen LogP contribution in [0.25, 0.3) is 0 Å². The summed E-state index contributed by atoms with van der Waals surface area (Å²) in [5.41, 5.74) is 4.49. The number of halogens is 1. The summed E-state index contributed by atoms with van der Waals surface area (Å²) in [7, 11) is 1.00. The first-order chi connectivity index (χ1) is 15.2. The number of hydrogen-bond acceptors (Lipinski definition) is 4. The molecule has 2 saturated carbocycles. The monoisotopic (exact) mass is 427 g/mol. The molecular weight excluding hydrogens is 393 g/mol. The molecule has 31 heavy (non-hydrogen) atoms. The van der Waals surface area contributed by atoms with Gasteiger partial charge in [0.15, 0.2) is 0 Å². The van der Waals surface area contributed by atoms with Crippen LogP contribution in [0.5, 0.6) is 5.75 Å². The van der Waals surface area contributed by atoms with Gasteiger partial charge in [0, 0.05) is 32.2 Å². The van der Waals surface area contributed by atoms with Gasteiger partial charge in [0.05, 0.1) is 11.8 Å². The smallest absolute Gasteiger partial charge is 0.146 e. The number of nitrogens with zero attached hydrogens (tertiary/aromatic N) is 1. The molecule has 0 radical (unpaired) electrons. The topological polar surface area (TPSA) is 49.8 Å². The van der Waals surface area contributed by atoms with Crippen molar-refractivity contribution in [2.75, 3.05) is 18.6 Å². The highest BCUT2D eigenvalue weighted by Gasteiger charge is 2.38. The quantitative estimate of drug-likeness (QED) is 0.662. The molecule has 2 aromatic carbocycles. The second-order valence-corrected chi connectivity index (χ2v) is 8.13. The van der Waals surface area contributed by atoms with Crippen LogP contribution in [0.15, 0.2) is 36.4 Å². The molecule has 4 nitrogen and oxygen atoms in total. The molecule has 3 aliphatic rings. The molecule has 0 saturated heterocycles. The first-order valence-corrected chi connectivity index (χ1v) is 11.4. The van der Waals surface area contributed by atoms with Gasteiger partial charge in [-0.25, -0.2) is 4.39 Å². The lowest BCUT2D eigenvalue weighted by Crippen LogP contribution is -2.31. The molecule has 1 N–H and O–H groups in total. The van der Waals surface area contributed by atoms with Gasteiger partial charge in [0.25, 0.3) is 0 Å². The lowest BCUT2D eigenvalue weighted by atomic mass is 9.95. The van der Waals surface area contributed by atoms with Crippen molar-refractivity contribution in [3.8, 4) is 5.75 Å². The normalized spacial score (nSPS) is 21.4. The predicted molar refractivity (Wildman–Crippen MR) is 122 cm³/mol. The van der Waals surface area contributed by atoms with E-state index in [1.807, 2.05) is 19.9 Å². The number of ether oxygens (including phenoxy) is 1. The van der Waals surface area contributed by atoms with E-state index >= 15 is 0 Å². The van der Waals surface area contributed by atoms with Crippen molar-refractivity contribution in [3.05, 3.63) is 58.9 Å². The second kappa shape index (κ2) is 10.8. The van der Waals surface area contributed by atoms with Crippen LogP contribution < -0.4 is 9.64 Å². The number of carbonyl (C=O) groups excluding carboxylic acids is 1. The summed E-state index contributed by atoms with van der Waals surface area (Å²) in [6.07, 6.45) is 6.66. The minimum Gasteiger partial charge on any atom is -0.490 e. The summed E-state index contributed by atoms with van der Waals surface area (Å²) < 4.78 is 20.4. The van der Waals surface area contributed by atoms with Crippen molar-refractivity contribution >= 4 is 12.0 Å². The largest absolute Gasteiger partial charge is 0.490 e. The van der Waals surface area contributed by atoms with E-state index in [0.29, 0.717) is 24.3 Å². The average Bonchev–Trinajstić information content (AvgIpc) is 3.59. The van der Waals surface area contributed by atoms with Crippen LogP contribution in [0.1, 0.15) is 62.1 Å². The van der Waals surface area contributed by atoms with Gasteiger partial charge in [-0.15, -0.1) is 0 Å². The molecule has 2 atom stereocenters. The number of benzene rings is 2. The van der Waals surface area contributed by atoms with Crippen LogP contribution in [-0.2, 0) is 17.8 Å². The minimum atomic E-state index is -0.192. The zero-order valence-corrected chi connectivity index (χ0v) is 18.8. The molecule has 1 heterocycles. The van der Waals surface area contributed by atoms with E-state index in [1.165, 1.54) is 29.2 Å². The van der Waals surface area contributed by atoms with Crippen LogP contribution in [0.4, 0.5) is 10.1 Å². The Morgan fingerprint density at radius 2 is 1.87 bits per heavy atom. The molecule has 5 rings (SSSR count). The number of fused-ring (bicyclic) bond motifs is 1. The first-order valence-electron chi connectivity index (χ1n) is 11.4.